The summed E-state index contributed by atoms with van der Waals surface area (Å²) in [7, 11) is 0. The number of aryl methyl sites for hydroxylation is 4. The molecule has 0 saturated carbocycles. The van der Waals surface area contributed by atoms with Gasteiger partial charge in [-0.1, -0.05) is 104 Å². The van der Waals surface area contributed by atoms with E-state index in [9.17, 15) is 26.3 Å². The average Bonchev–Trinajstić information content (AvgIpc) is 3.18. The summed E-state index contributed by atoms with van der Waals surface area (Å²) < 4.78 is 84.8. The van der Waals surface area contributed by atoms with Crippen LogP contribution in [0, 0.1) is 41.5 Å². The second-order valence-electron chi connectivity index (χ2n) is 15.5. The van der Waals surface area contributed by atoms with Crippen molar-refractivity contribution in [3.63, 3.8) is 0 Å². The Balaban J connectivity index is 0.947. The van der Waals surface area contributed by atoms with E-state index in [4.69, 9.17) is 0 Å². The van der Waals surface area contributed by atoms with Crippen molar-refractivity contribution in [3.05, 3.63) is 154 Å². The fourth-order valence-electron chi connectivity index (χ4n) is 7.90. The summed E-state index contributed by atoms with van der Waals surface area (Å²) in [4.78, 5) is 0. The van der Waals surface area contributed by atoms with Gasteiger partial charge in [-0.2, -0.15) is 0 Å². The molecule has 0 amide bonds. The number of hydrogen-bond acceptors (Lipinski definition) is 2. The second-order valence-corrected chi connectivity index (χ2v) is 15.5. The van der Waals surface area contributed by atoms with Crippen molar-refractivity contribution < 1.29 is 35.8 Å². The normalized spacial score (nSPS) is 11.9. The Labute approximate surface area is 343 Å². The Kier molecular flexibility index (Phi) is 13.3. The maximum absolute atomic E-state index is 12.7. The van der Waals surface area contributed by atoms with E-state index in [1.807, 2.05) is 12.1 Å². The number of benzene rings is 6. The summed E-state index contributed by atoms with van der Waals surface area (Å²) in [5.41, 5.74) is 16.2. The summed E-state index contributed by atoms with van der Waals surface area (Å²) >= 11 is 0. The maximum Gasteiger partial charge on any atom is 0.573 e. The lowest BCUT2D eigenvalue weighted by Gasteiger charge is -2.16. The van der Waals surface area contributed by atoms with Crippen LogP contribution in [0.4, 0.5) is 26.3 Å². The van der Waals surface area contributed by atoms with Gasteiger partial charge in [-0.25, -0.2) is 0 Å². The van der Waals surface area contributed by atoms with Gasteiger partial charge in [0.25, 0.3) is 0 Å². The van der Waals surface area contributed by atoms with Crippen LogP contribution in [0.2, 0.25) is 0 Å². The van der Waals surface area contributed by atoms with E-state index < -0.39 is 12.7 Å². The zero-order chi connectivity index (χ0) is 42.5. The number of halogens is 6. The molecule has 0 aliphatic heterocycles. The summed E-state index contributed by atoms with van der Waals surface area (Å²) in [5.74, 6) is -0.374. The van der Waals surface area contributed by atoms with Crippen LogP contribution >= 0.6 is 0 Å². The van der Waals surface area contributed by atoms with Crippen LogP contribution < -0.4 is 9.47 Å². The predicted molar refractivity (Wildman–Crippen MR) is 227 cm³/mol. The van der Waals surface area contributed by atoms with Crippen LogP contribution in [0.25, 0.3) is 44.5 Å². The molecule has 0 bridgehead atoms. The molecule has 0 atom stereocenters. The molecule has 2 nitrogen and oxygen atoms in total. The van der Waals surface area contributed by atoms with Crippen LogP contribution in [-0.4, -0.2) is 12.7 Å². The molecule has 0 aliphatic carbocycles. The first kappa shape index (κ1) is 43.1. The van der Waals surface area contributed by atoms with Crippen LogP contribution in [0.3, 0.4) is 0 Å². The Morgan fingerprint density at radius 3 is 0.949 bits per heavy atom. The maximum atomic E-state index is 12.7. The molecule has 6 aromatic carbocycles. The molecular weight excluding hydrogens is 759 g/mol. The van der Waals surface area contributed by atoms with Crippen molar-refractivity contribution >= 4 is 0 Å². The van der Waals surface area contributed by atoms with E-state index in [-0.39, 0.29) is 11.5 Å². The highest BCUT2D eigenvalue weighted by atomic mass is 19.4. The van der Waals surface area contributed by atoms with Crippen molar-refractivity contribution in [1.82, 2.24) is 0 Å². The molecule has 0 aliphatic rings. The monoisotopic (exact) mass is 808 g/mol. The first-order chi connectivity index (χ1) is 28.0. The third-order valence-corrected chi connectivity index (χ3v) is 11.5. The summed E-state index contributed by atoms with van der Waals surface area (Å²) in [6, 6.07) is 35.4. The zero-order valence-corrected chi connectivity index (χ0v) is 34.4. The minimum atomic E-state index is -4.72. The first-order valence-electron chi connectivity index (χ1n) is 20.1. The topological polar surface area (TPSA) is 18.5 Å². The van der Waals surface area contributed by atoms with Gasteiger partial charge in [0.1, 0.15) is 11.5 Å². The molecule has 0 fully saturated rings. The predicted octanol–water partition coefficient (Wildman–Crippen LogP) is 15.7. The van der Waals surface area contributed by atoms with E-state index in [1.54, 1.807) is 38.1 Å². The third kappa shape index (κ3) is 11.0. The number of unbranched alkanes of at least 4 members (excludes halogenated alkanes) is 4. The van der Waals surface area contributed by atoms with Gasteiger partial charge < -0.3 is 9.47 Å². The van der Waals surface area contributed by atoms with Gasteiger partial charge in [-0.05, 0) is 181 Å². The third-order valence-electron chi connectivity index (χ3n) is 11.5. The number of hydrogen-bond donors (Lipinski definition) is 0. The molecule has 0 unspecified atom stereocenters. The molecule has 0 radical (unpaired) electrons. The molecule has 308 valence electrons. The minimum absolute atomic E-state index is 0.187. The largest absolute Gasteiger partial charge is 0.573 e. The second kappa shape index (κ2) is 18.2. The quantitative estimate of drug-likeness (QED) is 0.0806. The highest BCUT2D eigenvalue weighted by molar-refractivity contribution is 5.79. The number of ether oxygens (including phenoxy) is 2. The molecule has 8 heteroatoms. The molecular formula is C51H50F6O2. The Morgan fingerprint density at radius 1 is 0.356 bits per heavy atom. The Hall–Kier alpha value is -5.50. The van der Waals surface area contributed by atoms with Crippen molar-refractivity contribution in [1.29, 1.82) is 0 Å². The molecule has 6 aromatic rings. The molecule has 59 heavy (non-hydrogen) atoms. The molecule has 0 spiro atoms. The van der Waals surface area contributed by atoms with Gasteiger partial charge in [0.2, 0.25) is 0 Å². The first-order valence-corrected chi connectivity index (χ1v) is 20.1. The number of alkyl halides is 6. The van der Waals surface area contributed by atoms with Crippen molar-refractivity contribution in [2.75, 3.05) is 0 Å². The number of rotatable bonds is 14. The van der Waals surface area contributed by atoms with Gasteiger partial charge in [-0.15, -0.1) is 26.3 Å². The molecule has 0 saturated heterocycles. The Morgan fingerprint density at radius 2 is 0.644 bits per heavy atom. The van der Waals surface area contributed by atoms with Crippen LogP contribution in [0.5, 0.6) is 11.5 Å². The lowest BCUT2D eigenvalue weighted by molar-refractivity contribution is -0.275. The highest BCUT2D eigenvalue weighted by Crippen LogP contribution is 2.38. The van der Waals surface area contributed by atoms with Gasteiger partial charge in [0, 0.05) is 0 Å². The SMILES string of the molecule is Cc1cc(-c2ccc(-c3ccc(CCCCCCCc4ccc(-c5ccc(-c6ccc(OC(F)(F)F)c(C)c6)c(C)c5C)cc4)cc3)c(C)c2C)ccc1OC(F)(F)F. The fraction of sp³-hybridized carbons (Fsp3) is 0.294. The summed E-state index contributed by atoms with van der Waals surface area (Å²) in [6.07, 6.45) is -1.53. The average molecular weight is 809 g/mol. The summed E-state index contributed by atoms with van der Waals surface area (Å²) in [6.45, 7) is 11.5. The van der Waals surface area contributed by atoms with E-state index in [1.165, 1.54) is 42.5 Å². The van der Waals surface area contributed by atoms with Gasteiger partial charge in [-0.3, -0.25) is 0 Å². The van der Waals surface area contributed by atoms with Gasteiger partial charge >= 0.3 is 12.7 Å². The lowest BCUT2D eigenvalue weighted by Crippen LogP contribution is -2.17. The lowest BCUT2D eigenvalue weighted by atomic mass is 9.90. The van der Waals surface area contributed by atoms with Gasteiger partial charge in [0.15, 0.2) is 0 Å². The molecule has 0 heterocycles. The van der Waals surface area contributed by atoms with Crippen molar-refractivity contribution in [2.24, 2.45) is 0 Å². The van der Waals surface area contributed by atoms with Crippen LogP contribution in [0.15, 0.2) is 109 Å². The van der Waals surface area contributed by atoms with E-state index >= 15 is 0 Å². The molecule has 0 N–H and O–H groups in total. The van der Waals surface area contributed by atoms with Crippen LogP contribution in [-0.2, 0) is 12.8 Å². The fourth-order valence-corrected chi connectivity index (χ4v) is 7.90. The van der Waals surface area contributed by atoms with E-state index in [0.717, 1.165) is 92.4 Å². The van der Waals surface area contributed by atoms with Crippen LogP contribution in [0.1, 0.15) is 76.6 Å². The molecule has 6 rings (SSSR count). The van der Waals surface area contributed by atoms with Crippen molar-refractivity contribution in [2.45, 2.75) is 99.2 Å². The van der Waals surface area contributed by atoms with E-state index in [2.05, 4.69) is 97.8 Å². The molecule has 0 aromatic heterocycles. The standard InChI is InChI=1S/C51H50F6O2/c1-32-30-42(22-28-48(32)58-50(52,53)54)46-26-24-44(34(3)36(46)5)40-18-14-38(15-19-40)12-10-8-7-9-11-13-39-16-20-41(21-17-39)45-25-27-47(37(6)35(45)4)43-23-29-49(33(2)31-43)59-51(55,56)57/h14-31H,7-13H2,1-6H3. The van der Waals surface area contributed by atoms with E-state index in [0.29, 0.717) is 11.1 Å². The minimum Gasteiger partial charge on any atom is -0.406 e. The summed E-state index contributed by atoms with van der Waals surface area (Å²) in [5, 5.41) is 0. The van der Waals surface area contributed by atoms with Gasteiger partial charge in [0.05, 0.1) is 0 Å². The van der Waals surface area contributed by atoms with Crippen molar-refractivity contribution in [3.8, 4) is 56.0 Å². The highest BCUT2D eigenvalue weighted by Gasteiger charge is 2.32. The smallest absolute Gasteiger partial charge is 0.406 e. The Bertz CT molecular complexity index is 2220. The zero-order valence-electron chi connectivity index (χ0n) is 34.4.